The first-order valence-electron chi connectivity index (χ1n) is 7.12. The highest BCUT2D eigenvalue weighted by atomic mass is 79.9. The average molecular weight is 372 g/mol. The number of halogens is 1. The summed E-state index contributed by atoms with van der Waals surface area (Å²) in [6.07, 6.45) is 1.25. The number of pyridine rings is 1. The van der Waals surface area contributed by atoms with E-state index in [9.17, 15) is 10.1 Å². The Morgan fingerprint density at radius 2 is 2.04 bits per heavy atom. The van der Waals surface area contributed by atoms with Gasteiger partial charge in [-0.3, -0.25) is 4.98 Å². The monoisotopic (exact) mass is 371 g/mol. The van der Waals surface area contributed by atoms with Gasteiger partial charge in [0.25, 0.3) is 0 Å². The van der Waals surface area contributed by atoms with Crippen LogP contribution in [0, 0.1) is 11.3 Å². The van der Waals surface area contributed by atoms with Gasteiger partial charge >= 0.3 is 6.09 Å². The van der Waals surface area contributed by atoms with Crippen LogP contribution < -0.4 is 0 Å². The molecule has 3 rings (SSSR count). The highest BCUT2D eigenvalue weighted by molar-refractivity contribution is 9.10. The first-order valence-corrected chi connectivity index (χ1v) is 7.91. The fraction of sp³-hybridized carbons (Fsp3) is 0.235. The molecule has 0 N–H and O–H groups in total. The van der Waals surface area contributed by atoms with Gasteiger partial charge in [-0.15, -0.1) is 0 Å². The number of benzene rings is 1. The van der Waals surface area contributed by atoms with Crippen molar-refractivity contribution >= 4 is 22.0 Å². The van der Waals surface area contributed by atoms with Gasteiger partial charge in [0.2, 0.25) is 0 Å². The molecule has 5 nitrogen and oxygen atoms in total. The van der Waals surface area contributed by atoms with Crippen LogP contribution in [0.15, 0.2) is 53.1 Å². The number of carbonyl (C=O) groups is 1. The van der Waals surface area contributed by atoms with Crippen molar-refractivity contribution < 1.29 is 9.53 Å². The number of amides is 1. The van der Waals surface area contributed by atoms with Gasteiger partial charge in [-0.05, 0) is 33.6 Å². The summed E-state index contributed by atoms with van der Waals surface area (Å²) in [5.74, 6) is 0. The molecule has 1 aromatic heterocycles. The number of hydrogen-bond acceptors (Lipinski definition) is 4. The third-order valence-corrected chi connectivity index (χ3v) is 4.29. The first-order chi connectivity index (χ1) is 11.1. The molecule has 1 aromatic carbocycles. The zero-order valence-electron chi connectivity index (χ0n) is 12.3. The van der Waals surface area contributed by atoms with E-state index in [-0.39, 0.29) is 6.61 Å². The SMILES string of the molecule is N#CC1(c2ccc(Br)cn2)CN(C(=O)OCc2ccccc2)C1. The molecule has 1 saturated heterocycles. The number of ether oxygens (including phenoxy) is 1. The van der Waals surface area contributed by atoms with Crippen LogP contribution in [-0.4, -0.2) is 29.1 Å². The van der Waals surface area contributed by atoms with Crippen molar-refractivity contribution in [1.29, 1.82) is 5.26 Å². The van der Waals surface area contributed by atoms with Crippen LogP contribution in [0.1, 0.15) is 11.3 Å². The van der Waals surface area contributed by atoms with Gasteiger partial charge in [0, 0.05) is 10.7 Å². The van der Waals surface area contributed by atoms with E-state index in [0.717, 1.165) is 10.0 Å². The number of likely N-dealkylation sites (tertiary alicyclic amines) is 1. The van der Waals surface area contributed by atoms with Crippen LogP contribution in [0.2, 0.25) is 0 Å². The number of hydrogen-bond donors (Lipinski definition) is 0. The number of aromatic nitrogens is 1. The summed E-state index contributed by atoms with van der Waals surface area (Å²) < 4.78 is 6.13. The molecule has 0 saturated carbocycles. The zero-order valence-corrected chi connectivity index (χ0v) is 13.9. The largest absolute Gasteiger partial charge is 0.445 e. The third kappa shape index (κ3) is 3.20. The molecule has 1 aliphatic rings. The molecule has 6 heteroatoms. The van der Waals surface area contributed by atoms with Crippen molar-refractivity contribution in [3.05, 3.63) is 64.4 Å². The van der Waals surface area contributed by atoms with Crippen molar-refractivity contribution in [2.45, 2.75) is 12.0 Å². The van der Waals surface area contributed by atoms with Crippen molar-refractivity contribution in [3.63, 3.8) is 0 Å². The van der Waals surface area contributed by atoms with Gasteiger partial charge in [0.05, 0.1) is 24.9 Å². The van der Waals surface area contributed by atoms with E-state index in [4.69, 9.17) is 4.74 Å². The standard InChI is InChI=1S/C17H14BrN3O2/c18-14-6-7-15(20-8-14)17(10-19)11-21(12-17)16(22)23-9-13-4-2-1-3-5-13/h1-8H,9,11-12H2. The molecule has 1 aliphatic heterocycles. The Kier molecular flexibility index (Phi) is 4.30. The van der Waals surface area contributed by atoms with Gasteiger partial charge in [-0.1, -0.05) is 30.3 Å². The second-order valence-electron chi connectivity index (χ2n) is 5.45. The molecule has 0 unspecified atom stereocenters. The predicted molar refractivity (Wildman–Crippen MR) is 87.4 cm³/mol. The number of carbonyl (C=O) groups excluding carboxylic acids is 1. The van der Waals surface area contributed by atoms with E-state index >= 15 is 0 Å². The molecule has 116 valence electrons. The Labute approximate surface area is 142 Å². The Bertz CT molecular complexity index is 735. The minimum atomic E-state index is -0.744. The van der Waals surface area contributed by atoms with Crippen LogP contribution in [0.4, 0.5) is 4.79 Å². The number of nitrogens with zero attached hydrogens (tertiary/aromatic N) is 3. The van der Waals surface area contributed by atoms with Gasteiger partial charge in [0.15, 0.2) is 0 Å². The molecule has 1 fully saturated rings. The normalized spacial score (nSPS) is 15.4. The maximum absolute atomic E-state index is 12.1. The molecule has 1 amide bonds. The quantitative estimate of drug-likeness (QED) is 0.830. The van der Waals surface area contributed by atoms with Gasteiger partial charge in [0.1, 0.15) is 12.0 Å². The molecule has 0 radical (unpaired) electrons. The fourth-order valence-electron chi connectivity index (χ4n) is 2.49. The lowest BCUT2D eigenvalue weighted by Gasteiger charge is -2.44. The van der Waals surface area contributed by atoms with E-state index in [0.29, 0.717) is 18.8 Å². The summed E-state index contributed by atoms with van der Waals surface area (Å²) in [7, 11) is 0. The molecule has 0 spiro atoms. The Morgan fingerprint density at radius 1 is 1.30 bits per heavy atom. The zero-order chi connectivity index (χ0) is 16.3. The molecule has 23 heavy (non-hydrogen) atoms. The van der Waals surface area contributed by atoms with Gasteiger partial charge in [-0.2, -0.15) is 5.26 Å². The van der Waals surface area contributed by atoms with Crippen molar-refractivity contribution in [3.8, 4) is 6.07 Å². The lowest BCUT2D eigenvalue weighted by atomic mass is 9.78. The van der Waals surface area contributed by atoms with Crippen molar-refractivity contribution in [1.82, 2.24) is 9.88 Å². The van der Waals surface area contributed by atoms with Crippen LogP contribution in [-0.2, 0) is 16.8 Å². The Balaban J connectivity index is 1.59. The number of nitriles is 1. The molecular formula is C17H14BrN3O2. The summed E-state index contributed by atoms with van der Waals surface area (Å²) >= 11 is 3.32. The lowest BCUT2D eigenvalue weighted by molar-refractivity contribution is 0.0494. The predicted octanol–water partition coefficient (Wildman–Crippen LogP) is 3.26. The van der Waals surface area contributed by atoms with Crippen LogP contribution in [0.5, 0.6) is 0 Å². The minimum absolute atomic E-state index is 0.228. The summed E-state index contributed by atoms with van der Waals surface area (Å²) in [5.41, 5.74) is 0.865. The lowest BCUT2D eigenvalue weighted by Crippen LogP contribution is -2.60. The second-order valence-corrected chi connectivity index (χ2v) is 6.37. The molecular weight excluding hydrogens is 358 g/mol. The molecule has 2 heterocycles. The van der Waals surface area contributed by atoms with Crippen LogP contribution >= 0.6 is 15.9 Å². The first kappa shape index (κ1) is 15.5. The highest BCUT2D eigenvalue weighted by Gasteiger charge is 2.49. The molecule has 2 aromatic rings. The summed E-state index contributed by atoms with van der Waals surface area (Å²) in [6, 6.07) is 15.4. The van der Waals surface area contributed by atoms with Gasteiger partial charge in [-0.25, -0.2) is 4.79 Å². The Morgan fingerprint density at radius 3 is 2.65 bits per heavy atom. The minimum Gasteiger partial charge on any atom is -0.445 e. The Hall–Kier alpha value is -2.39. The molecule has 0 bridgehead atoms. The molecule has 0 aliphatic carbocycles. The smallest absolute Gasteiger partial charge is 0.410 e. The molecule has 0 atom stereocenters. The van der Waals surface area contributed by atoms with Gasteiger partial charge < -0.3 is 9.64 Å². The van der Waals surface area contributed by atoms with E-state index < -0.39 is 11.5 Å². The summed E-state index contributed by atoms with van der Waals surface area (Å²) in [4.78, 5) is 17.9. The van der Waals surface area contributed by atoms with Crippen molar-refractivity contribution in [2.75, 3.05) is 13.1 Å². The maximum atomic E-state index is 12.1. The maximum Gasteiger partial charge on any atom is 0.410 e. The summed E-state index contributed by atoms with van der Waals surface area (Å²) in [6.45, 7) is 0.823. The second kappa shape index (κ2) is 6.39. The third-order valence-electron chi connectivity index (χ3n) is 3.82. The fourth-order valence-corrected chi connectivity index (χ4v) is 2.73. The summed E-state index contributed by atoms with van der Waals surface area (Å²) in [5, 5.41) is 9.49. The van der Waals surface area contributed by atoms with E-state index in [1.54, 1.807) is 12.3 Å². The number of rotatable bonds is 3. The van der Waals surface area contributed by atoms with E-state index in [1.807, 2.05) is 36.4 Å². The van der Waals surface area contributed by atoms with Crippen molar-refractivity contribution in [2.24, 2.45) is 0 Å². The van der Waals surface area contributed by atoms with E-state index in [2.05, 4.69) is 27.0 Å². The topological polar surface area (TPSA) is 66.2 Å². The van der Waals surface area contributed by atoms with E-state index in [1.165, 1.54) is 4.90 Å². The van der Waals surface area contributed by atoms with Crippen LogP contribution in [0.3, 0.4) is 0 Å². The highest BCUT2D eigenvalue weighted by Crippen LogP contribution is 2.33. The average Bonchev–Trinajstić information content (AvgIpc) is 2.55. The van der Waals surface area contributed by atoms with Crippen LogP contribution in [0.25, 0.3) is 0 Å².